The van der Waals surface area contributed by atoms with E-state index in [1.165, 1.54) is 6.42 Å². The zero-order chi connectivity index (χ0) is 23.9. The van der Waals surface area contributed by atoms with E-state index in [0.29, 0.717) is 19.1 Å². The van der Waals surface area contributed by atoms with Crippen molar-refractivity contribution in [3.63, 3.8) is 0 Å². The van der Waals surface area contributed by atoms with Crippen LogP contribution in [0.3, 0.4) is 0 Å². The van der Waals surface area contributed by atoms with E-state index in [2.05, 4.69) is 22.9 Å². The van der Waals surface area contributed by atoms with Gasteiger partial charge in [-0.15, -0.1) is 0 Å². The Labute approximate surface area is 202 Å². The molecule has 0 saturated carbocycles. The number of amides is 2. The van der Waals surface area contributed by atoms with Gasteiger partial charge in [-0.2, -0.15) is 0 Å². The van der Waals surface area contributed by atoms with E-state index in [-0.39, 0.29) is 11.8 Å². The first-order chi connectivity index (χ1) is 16.5. The van der Waals surface area contributed by atoms with Gasteiger partial charge in [0.2, 0.25) is 5.91 Å². The molecule has 1 atom stereocenters. The van der Waals surface area contributed by atoms with Gasteiger partial charge < -0.3 is 14.8 Å². The first-order valence-electron chi connectivity index (χ1n) is 12.6. The Bertz CT molecular complexity index is 1140. The molecule has 4 rings (SSSR count). The number of piperidine rings is 1. The summed E-state index contributed by atoms with van der Waals surface area (Å²) in [5, 5.41) is 3.03. The Morgan fingerprint density at radius 3 is 2.65 bits per heavy atom. The molecule has 2 heterocycles. The topological polar surface area (TPSA) is 67.2 Å². The molecule has 2 aromatic carbocycles. The number of hydrogen-bond acceptors (Lipinski definition) is 3. The molecule has 1 fully saturated rings. The van der Waals surface area contributed by atoms with Gasteiger partial charge in [0.15, 0.2) is 0 Å². The second-order valence-electron chi connectivity index (χ2n) is 9.42. The van der Waals surface area contributed by atoms with Crippen LogP contribution in [0.4, 0.5) is 0 Å². The van der Waals surface area contributed by atoms with E-state index >= 15 is 0 Å². The van der Waals surface area contributed by atoms with Gasteiger partial charge in [-0.25, -0.2) is 4.98 Å². The zero-order valence-electron chi connectivity index (χ0n) is 20.4. The predicted molar refractivity (Wildman–Crippen MR) is 136 cm³/mol. The number of carbonyl (C=O) groups is 2. The third kappa shape index (κ3) is 5.66. The number of rotatable bonds is 9. The Morgan fingerprint density at radius 2 is 1.82 bits per heavy atom. The molecule has 6 heteroatoms. The van der Waals surface area contributed by atoms with Gasteiger partial charge >= 0.3 is 0 Å². The second-order valence-corrected chi connectivity index (χ2v) is 9.42. The summed E-state index contributed by atoms with van der Waals surface area (Å²) in [6.45, 7) is 5.98. The normalized spacial score (nSPS) is 16.1. The molecule has 1 saturated heterocycles. The minimum Gasteiger partial charge on any atom is -0.352 e. The summed E-state index contributed by atoms with van der Waals surface area (Å²) in [7, 11) is 0. The molecule has 0 spiro atoms. The third-order valence-electron chi connectivity index (χ3n) is 6.90. The first-order valence-corrected chi connectivity index (χ1v) is 12.6. The highest BCUT2D eigenvalue weighted by atomic mass is 16.2. The molecule has 1 aromatic heterocycles. The lowest BCUT2D eigenvalue weighted by Crippen LogP contribution is -2.43. The number of fused-ring (bicyclic) bond motifs is 1. The van der Waals surface area contributed by atoms with Crippen LogP contribution >= 0.6 is 0 Å². The molecule has 1 aliphatic heterocycles. The highest BCUT2D eigenvalue weighted by Crippen LogP contribution is 2.21. The van der Waals surface area contributed by atoms with Crippen molar-refractivity contribution < 1.29 is 9.59 Å². The SMILES string of the molecule is Cc1ccccc1C(=O)NCCCCCc1nc2ccccc2n1CC(=O)N1CCCCC1C. The largest absolute Gasteiger partial charge is 0.352 e. The van der Waals surface area contributed by atoms with Gasteiger partial charge in [-0.3, -0.25) is 9.59 Å². The van der Waals surface area contributed by atoms with Crippen LogP contribution in [0.25, 0.3) is 11.0 Å². The van der Waals surface area contributed by atoms with Crippen LogP contribution in [0.5, 0.6) is 0 Å². The molecule has 0 bridgehead atoms. The number of aromatic nitrogens is 2. The van der Waals surface area contributed by atoms with E-state index in [1.807, 2.05) is 54.3 Å². The second kappa shape index (κ2) is 11.3. The van der Waals surface area contributed by atoms with E-state index in [4.69, 9.17) is 4.98 Å². The predicted octanol–water partition coefficient (Wildman–Crippen LogP) is 4.89. The van der Waals surface area contributed by atoms with Gasteiger partial charge in [0.25, 0.3) is 5.91 Å². The molecule has 1 N–H and O–H groups in total. The lowest BCUT2D eigenvalue weighted by atomic mass is 10.0. The fraction of sp³-hybridized carbons (Fsp3) is 0.464. The number of unbranched alkanes of at least 4 members (excludes halogenated alkanes) is 2. The van der Waals surface area contributed by atoms with Gasteiger partial charge in [-0.1, -0.05) is 36.8 Å². The van der Waals surface area contributed by atoms with Crippen LogP contribution in [-0.4, -0.2) is 45.4 Å². The summed E-state index contributed by atoms with van der Waals surface area (Å²) in [6, 6.07) is 16.0. The number of benzene rings is 2. The molecule has 0 aliphatic carbocycles. The number of nitrogens with one attached hydrogen (secondary N) is 1. The number of nitrogens with zero attached hydrogens (tertiary/aromatic N) is 3. The Balaban J connectivity index is 1.32. The van der Waals surface area contributed by atoms with Crippen LogP contribution in [0.1, 0.15) is 67.2 Å². The maximum atomic E-state index is 13.1. The minimum atomic E-state index is -0.00894. The van der Waals surface area contributed by atoms with Crippen molar-refractivity contribution in [1.82, 2.24) is 19.8 Å². The van der Waals surface area contributed by atoms with E-state index in [1.54, 1.807) is 0 Å². The number of imidazole rings is 1. The van der Waals surface area contributed by atoms with Crippen LogP contribution in [0.15, 0.2) is 48.5 Å². The quantitative estimate of drug-likeness (QED) is 0.463. The number of likely N-dealkylation sites (tertiary alicyclic amines) is 1. The maximum Gasteiger partial charge on any atom is 0.251 e. The van der Waals surface area contributed by atoms with Gasteiger partial charge in [0, 0.05) is 31.1 Å². The Hall–Kier alpha value is -3.15. The summed E-state index contributed by atoms with van der Waals surface area (Å²) >= 11 is 0. The first kappa shape index (κ1) is 24.0. The maximum absolute atomic E-state index is 13.1. The van der Waals surface area contributed by atoms with E-state index in [0.717, 1.165) is 73.1 Å². The monoisotopic (exact) mass is 460 g/mol. The summed E-state index contributed by atoms with van der Waals surface area (Å²) in [5.41, 5.74) is 3.71. The highest BCUT2D eigenvalue weighted by Gasteiger charge is 2.24. The minimum absolute atomic E-state index is 0.00894. The Morgan fingerprint density at radius 1 is 1.03 bits per heavy atom. The lowest BCUT2D eigenvalue weighted by Gasteiger charge is -2.33. The van der Waals surface area contributed by atoms with Crippen molar-refractivity contribution in [3.8, 4) is 0 Å². The summed E-state index contributed by atoms with van der Waals surface area (Å²) in [4.78, 5) is 32.4. The lowest BCUT2D eigenvalue weighted by molar-refractivity contribution is -0.135. The molecule has 2 amide bonds. The molecule has 34 heavy (non-hydrogen) atoms. The number of hydrogen-bond donors (Lipinski definition) is 1. The van der Waals surface area contributed by atoms with Crippen LogP contribution in [-0.2, 0) is 17.8 Å². The van der Waals surface area contributed by atoms with Crippen molar-refractivity contribution in [2.45, 2.75) is 71.4 Å². The standard InChI is InChI=1S/C28H36N4O2/c1-21-12-5-6-14-23(21)28(34)29-18-10-3-4-17-26-30-24-15-7-8-16-25(24)32(26)20-27(33)31-19-11-9-13-22(31)2/h5-8,12,14-16,22H,3-4,9-11,13,17-20H2,1-2H3,(H,29,34). The van der Waals surface area contributed by atoms with Crippen molar-refractivity contribution in [2.75, 3.05) is 13.1 Å². The van der Waals surface area contributed by atoms with Crippen LogP contribution in [0.2, 0.25) is 0 Å². The van der Waals surface area contributed by atoms with Crippen molar-refractivity contribution >= 4 is 22.8 Å². The van der Waals surface area contributed by atoms with Gasteiger partial charge in [0.05, 0.1) is 11.0 Å². The summed E-state index contributed by atoms with van der Waals surface area (Å²) in [5.74, 6) is 1.16. The summed E-state index contributed by atoms with van der Waals surface area (Å²) < 4.78 is 2.11. The average Bonchev–Trinajstić information content (AvgIpc) is 3.18. The van der Waals surface area contributed by atoms with Gasteiger partial charge in [-0.05, 0) is 69.7 Å². The molecule has 6 nitrogen and oxygen atoms in total. The fourth-order valence-electron chi connectivity index (χ4n) is 4.90. The molecular formula is C28H36N4O2. The molecule has 1 unspecified atom stereocenters. The van der Waals surface area contributed by atoms with Crippen LogP contribution < -0.4 is 5.32 Å². The fourth-order valence-corrected chi connectivity index (χ4v) is 4.90. The number of aryl methyl sites for hydroxylation is 2. The third-order valence-corrected chi connectivity index (χ3v) is 6.90. The van der Waals surface area contributed by atoms with Crippen molar-refractivity contribution in [3.05, 3.63) is 65.5 Å². The Kier molecular flexibility index (Phi) is 7.99. The van der Waals surface area contributed by atoms with Crippen molar-refractivity contribution in [2.24, 2.45) is 0 Å². The van der Waals surface area contributed by atoms with E-state index < -0.39 is 0 Å². The van der Waals surface area contributed by atoms with E-state index in [9.17, 15) is 9.59 Å². The average molecular weight is 461 g/mol. The molecule has 180 valence electrons. The molecule has 3 aromatic rings. The number of carbonyl (C=O) groups excluding carboxylic acids is 2. The molecule has 1 aliphatic rings. The molecule has 0 radical (unpaired) electrons. The summed E-state index contributed by atoms with van der Waals surface area (Å²) in [6.07, 6.45) is 7.09. The van der Waals surface area contributed by atoms with Gasteiger partial charge in [0.1, 0.15) is 12.4 Å². The zero-order valence-corrected chi connectivity index (χ0v) is 20.4. The highest BCUT2D eigenvalue weighted by molar-refractivity contribution is 5.95. The smallest absolute Gasteiger partial charge is 0.251 e. The molecular weight excluding hydrogens is 424 g/mol. The number of para-hydroxylation sites is 2. The van der Waals surface area contributed by atoms with Crippen LogP contribution in [0, 0.1) is 6.92 Å². The van der Waals surface area contributed by atoms with Crippen molar-refractivity contribution in [1.29, 1.82) is 0 Å².